The summed E-state index contributed by atoms with van der Waals surface area (Å²) < 4.78 is 22.8. The van der Waals surface area contributed by atoms with Gasteiger partial charge in [0.05, 0.1) is 34.4 Å². The van der Waals surface area contributed by atoms with E-state index in [1.807, 2.05) is 21.1 Å². The van der Waals surface area contributed by atoms with Crippen molar-refractivity contribution in [3.8, 4) is 0 Å². The average molecular weight is 1080 g/mol. The molecule has 0 radical (unpaired) electrons. The second-order valence-electron chi connectivity index (χ2n) is 23.0. The first kappa shape index (κ1) is 74.0. The summed E-state index contributed by atoms with van der Waals surface area (Å²) in [5, 5.41) is 9.69. The summed E-state index contributed by atoms with van der Waals surface area (Å²) in [7, 11) is 5.96. The van der Waals surface area contributed by atoms with Gasteiger partial charge < -0.3 is 28.5 Å². The van der Waals surface area contributed by atoms with Crippen LogP contribution >= 0.6 is 0 Å². The summed E-state index contributed by atoms with van der Waals surface area (Å²) in [6.45, 7) is 4.74. The maximum atomic E-state index is 12.8. The maximum Gasteiger partial charge on any atom is 0.361 e. The van der Waals surface area contributed by atoms with Gasteiger partial charge in [-0.15, -0.1) is 0 Å². The van der Waals surface area contributed by atoms with Gasteiger partial charge in [-0.1, -0.05) is 267 Å². The van der Waals surface area contributed by atoms with E-state index >= 15 is 0 Å². The molecule has 1 N–H and O–H groups in total. The van der Waals surface area contributed by atoms with Crippen LogP contribution in [-0.2, 0) is 33.3 Å². The number of nitrogens with zero attached hydrogens (tertiary/aromatic N) is 1. The molecule has 9 heteroatoms. The Morgan fingerprint density at radius 3 is 1.12 bits per heavy atom. The monoisotopic (exact) mass is 1080 g/mol. The lowest BCUT2D eigenvalue weighted by atomic mass is 10.0. The number of carbonyl (C=O) groups is 3. The summed E-state index contributed by atoms with van der Waals surface area (Å²) in [5.74, 6) is -2.04. The first-order valence-corrected chi connectivity index (χ1v) is 32.5. The normalized spacial score (nSPS) is 13.1. The van der Waals surface area contributed by atoms with Gasteiger partial charge in [0.25, 0.3) is 6.29 Å². The number of unbranched alkanes of at least 4 members (excludes halogenated alkanes) is 35. The summed E-state index contributed by atoms with van der Waals surface area (Å²) in [5.41, 5.74) is 0. The van der Waals surface area contributed by atoms with Crippen LogP contribution in [0, 0.1) is 0 Å². The molecule has 2 unspecified atom stereocenters. The lowest BCUT2D eigenvalue weighted by Crippen LogP contribution is -2.40. The molecule has 0 spiro atoms. The van der Waals surface area contributed by atoms with E-state index in [1.165, 1.54) is 199 Å². The lowest BCUT2D eigenvalue weighted by Gasteiger charge is -2.25. The summed E-state index contributed by atoms with van der Waals surface area (Å²) in [4.78, 5) is 37.3. The van der Waals surface area contributed by atoms with Crippen molar-refractivity contribution in [1.82, 2.24) is 0 Å². The molecular formula is C68H124NO8+. The van der Waals surface area contributed by atoms with E-state index in [0.29, 0.717) is 23.9 Å². The third-order valence-electron chi connectivity index (χ3n) is 14.3. The van der Waals surface area contributed by atoms with Crippen molar-refractivity contribution >= 4 is 17.9 Å². The topological polar surface area (TPSA) is 108 Å². The van der Waals surface area contributed by atoms with Gasteiger partial charge in [-0.3, -0.25) is 9.59 Å². The van der Waals surface area contributed by atoms with Gasteiger partial charge in [0.2, 0.25) is 0 Å². The van der Waals surface area contributed by atoms with Crippen molar-refractivity contribution in [3.63, 3.8) is 0 Å². The van der Waals surface area contributed by atoms with Gasteiger partial charge in [-0.05, 0) is 77.0 Å². The minimum atomic E-state index is -1.52. The second kappa shape index (κ2) is 59.1. The van der Waals surface area contributed by atoms with E-state index in [0.717, 1.165) is 64.2 Å². The number of aliphatic carboxylic acids is 1. The number of carboxylic acid groups (broad SMARTS) is 1. The number of ether oxygens (including phenoxy) is 4. The SMILES string of the molecule is CC/C=C\C/C=C\C/C=C\CCCCCC(=O)OC(COC(=O)CCCCCCCCCCCCCCCCCCCCCCCCCCCCC/C=C\C/C=C\CCCCCCC)COC(OCC[N+](C)(C)C)C(=O)O. The zero-order chi connectivity index (χ0) is 56.2. The number of hydrogen-bond donors (Lipinski definition) is 1. The molecule has 0 aliphatic heterocycles. The molecule has 9 nitrogen and oxygen atoms in total. The highest BCUT2D eigenvalue weighted by molar-refractivity contribution is 5.71. The predicted molar refractivity (Wildman–Crippen MR) is 327 cm³/mol. The van der Waals surface area contributed by atoms with Gasteiger partial charge >= 0.3 is 17.9 Å². The van der Waals surface area contributed by atoms with Crippen molar-refractivity contribution < 1.29 is 42.9 Å². The van der Waals surface area contributed by atoms with Gasteiger partial charge in [0.15, 0.2) is 6.10 Å². The molecule has 0 fully saturated rings. The first-order valence-electron chi connectivity index (χ1n) is 32.5. The molecule has 0 aromatic carbocycles. The third-order valence-corrected chi connectivity index (χ3v) is 14.3. The van der Waals surface area contributed by atoms with Crippen molar-refractivity contribution in [2.45, 2.75) is 309 Å². The Bertz CT molecular complexity index is 1450. The Morgan fingerprint density at radius 1 is 0.403 bits per heavy atom. The van der Waals surface area contributed by atoms with Crippen LogP contribution in [0.15, 0.2) is 60.8 Å². The third kappa shape index (κ3) is 60.5. The van der Waals surface area contributed by atoms with E-state index in [-0.39, 0.29) is 32.2 Å². The summed E-state index contributed by atoms with van der Waals surface area (Å²) in [6.07, 6.45) is 73.7. The quantitative estimate of drug-likeness (QED) is 0.0211. The van der Waals surface area contributed by atoms with Gasteiger partial charge in [-0.2, -0.15) is 0 Å². The molecule has 0 amide bonds. The van der Waals surface area contributed by atoms with Gasteiger partial charge in [0, 0.05) is 12.8 Å². The fourth-order valence-corrected chi connectivity index (χ4v) is 9.30. The number of rotatable bonds is 60. The van der Waals surface area contributed by atoms with Crippen LogP contribution in [0.25, 0.3) is 0 Å². The minimum absolute atomic E-state index is 0.182. The summed E-state index contributed by atoms with van der Waals surface area (Å²) >= 11 is 0. The van der Waals surface area contributed by atoms with Crippen LogP contribution in [0.2, 0.25) is 0 Å². The molecule has 0 aromatic rings. The van der Waals surface area contributed by atoms with Crippen LogP contribution < -0.4 is 0 Å². The number of esters is 2. The van der Waals surface area contributed by atoms with Gasteiger partial charge in [-0.25, -0.2) is 4.79 Å². The lowest BCUT2D eigenvalue weighted by molar-refractivity contribution is -0.870. The molecule has 2 atom stereocenters. The molecular weight excluding hydrogens is 959 g/mol. The first-order chi connectivity index (χ1) is 37.6. The molecule has 0 aliphatic carbocycles. The number of carbonyl (C=O) groups excluding carboxylic acids is 2. The van der Waals surface area contributed by atoms with Crippen LogP contribution in [0.4, 0.5) is 0 Å². The molecule has 0 rings (SSSR count). The predicted octanol–water partition coefficient (Wildman–Crippen LogP) is 19.6. The highest BCUT2D eigenvalue weighted by atomic mass is 16.7. The van der Waals surface area contributed by atoms with Crippen LogP contribution in [0.3, 0.4) is 0 Å². The smallest absolute Gasteiger partial charge is 0.361 e. The number of hydrogen-bond acceptors (Lipinski definition) is 7. The van der Waals surface area contributed by atoms with Crippen molar-refractivity contribution in [2.75, 3.05) is 47.5 Å². The molecule has 0 aliphatic rings. The molecule has 0 heterocycles. The van der Waals surface area contributed by atoms with E-state index in [4.69, 9.17) is 18.9 Å². The molecule has 0 aromatic heterocycles. The fraction of sp³-hybridized carbons (Fsp3) is 0.809. The zero-order valence-corrected chi connectivity index (χ0v) is 51.1. The number of quaternary nitrogens is 1. The highest BCUT2D eigenvalue weighted by Crippen LogP contribution is 2.18. The Hall–Kier alpha value is -3.01. The number of likely N-dealkylation sites (N-methyl/N-ethyl adjacent to an activating group) is 1. The molecule has 448 valence electrons. The second-order valence-corrected chi connectivity index (χ2v) is 23.0. The Kier molecular flexibility index (Phi) is 56.8. The van der Waals surface area contributed by atoms with Crippen molar-refractivity contribution in [1.29, 1.82) is 0 Å². The Morgan fingerprint density at radius 2 is 0.740 bits per heavy atom. The molecule has 0 bridgehead atoms. The molecule has 0 saturated heterocycles. The Balaban J connectivity index is 3.91. The fourth-order valence-electron chi connectivity index (χ4n) is 9.30. The minimum Gasteiger partial charge on any atom is -0.477 e. The van der Waals surface area contributed by atoms with E-state index < -0.39 is 24.3 Å². The van der Waals surface area contributed by atoms with E-state index in [9.17, 15) is 19.5 Å². The number of carboxylic acids is 1. The van der Waals surface area contributed by atoms with Crippen molar-refractivity contribution in [3.05, 3.63) is 60.8 Å². The van der Waals surface area contributed by atoms with Crippen LogP contribution in [0.1, 0.15) is 296 Å². The largest absolute Gasteiger partial charge is 0.477 e. The van der Waals surface area contributed by atoms with Gasteiger partial charge in [0.1, 0.15) is 13.2 Å². The maximum absolute atomic E-state index is 12.8. The van der Waals surface area contributed by atoms with Crippen LogP contribution in [-0.4, -0.2) is 87.4 Å². The Labute approximate surface area is 475 Å². The standard InChI is InChI=1S/C68H123NO8/c1-6-8-10-12-14-16-18-20-21-22-23-24-25-26-27-28-29-30-31-32-33-34-35-36-37-38-39-40-41-42-43-44-45-47-48-50-52-54-56-58-65(70)75-62-64(63-76-68(67(72)73)74-61-60-69(3,4)5)77-66(71)59-57-55-53-51-49-46-19-17-15-13-11-9-7-2/h9,11,15,17-18,20,22-23,46,49,64,68H,6-8,10,12-14,16,19,21,24-45,47-48,50-63H2,1-5H3/p+1/b11-9-,17-15-,20-18-,23-22-,49-46-. The van der Waals surface area contributed by atoms with Crippen LogP contribution in [0.5, 0.6) is 0 Å². The van der Waals surface area contributed by atoms with E-state index in [2.05, 4.69) is 74.6 Å². The molecule has 0 saturated carbocycles. The van der Waals surface area contributed by atoms with E-state index in [1.54, 1.807) is 0 Å². The summed E-state index contributed by atoms with van der Waals surface area (Å²) in [6, 6.07) is 0. The zero-order valence-electron chi connectivity index (χ0n) is 51.1. The number of allylic oxidation sites excluding steroid dienone is 10. The molecule has 77 heavy (non-hydrogen) atoms. The highest BCUT2D eigenvalue weighted by Gasteiger charge is 2.25. The average Bonchev–Trinajstić information content (AvgIpc) is 3.40. The van der Waals surface area contributed by atoms with Crippen molar-refractivity contribution in [2.24, 2.45) is 0 Å².